The largest absolute Gasteiger partial charge is 0.416 e. The number of aliphatic hydroxyl groups is 1. The number of benzene rings is 2. The molecule has 0 spiro atoms. The smallest absolute Gasteiger partial charge is 0.254 e. The monoisotopic (exact) mass is 561 g/mol. The van der Waals surface area contributed by atoms with Gasteiger partial charge in [0.1, 0.15) is 5.82 Å². The summed E-state index contributed by atoms with van der Waals surface area (Å²) in [7, 11) is 0. The van der Waals surface area contributed by atoms with Gasteiger partial charge >= 0.3 is 0 Å². The minimum Gasteiger partial charge on any atom is -0.416 e. The fourth-order valence-corrected chi connectivity index (χ4v) is 5.41. The van der Waals surface area contributed by atoms with E-state index in [-0.39, 0.29) is 18.4 Å². The van der Waals surface area contributed by atoms with Crippen LogP contribution in [0.5, 0.6) is 0 Å². The van der Waals surface area contributed by atoms with E-state index in [1.165, 1.54) is 0 Å². The Labute approximate surface area is 243 Å². The minimum absolute atomic E-state index is 0.0409. The van der Waals surface area contributed by atoms with Crippen LogP contribution in [0, 0.1) is 0 Å². The summed E-state index contributed by atoms with van der Waals surface area (Å²) in [4.78, 5) is 23.6. The molecular formula is C32H31N7O3. The summed E-state index contributed by atoms with van der Waals surface area (Å²) >= 11 is 0. The second kappa shape index (κ2) is 11.1. The second-order valence-electron chi connectivity index (χ2n) is 10.6. The number of fused-ring (bicyclic) bond motifs is 1. The van der Waals surface area contributed by atoms with Crippen LogP contribution in [0.25, 0.3) is 22.9 Å². The first-order chi connectivity index (χ1) is 20.4. The lowest BCUT2D eigenvalue weighted by Gasteiger charge is -2.31. The Kier molecular flexibility index (Phi) is 7.13. The molecule has 3 aromatic heterocycles. The zero-order valence-electron chi connectivity index (χ0n) is 23.6. The maximum Gasteiger partial charge on any atom is 0.254 e. The quantitative estimate of drug-likeness (QED) is 0.205. The van der Waals surface area contributed by atoms with Crippen LogP contribution in [-0.4, -0.2) is 49.2 Å². The number of carbonyl (C=O) groups is 1. The average Bonchev–Trinajstić information content (AvgIpc) is 3.57. The van der Waals surface area contributed by atoms with E-state index in [9.17, 15) is 9.90 Å². The van der Waals surface area contributed by atoms with Crippen LogP contribution in [-0.2, 0) is 5.54 Å². The van der Waals surface area contributed by atoms with Crippen molar-refractivity contribution < 1.29 is 14.3 Å². The number of nitrogens with one attached hydrogen (secondary N) is 2. The number of anilines is 3. The highest BCUT2D eigenvalue weighted by atomic mass is 16.4. The van der Waals surface area contributed by atoms with Crippen LogP contribution in [0.1, 0.15) is 48.3 Å². The predicted molar refractivity (Wildman–Crippen MR) is 160 cm³/mol. The van der Waals surface area contributed by atoms with Crippen molar-refractivity contribution in [2.24, 2.45) is 0 Å². The van der Waals surface area contributed by atoms with Gasteiger partial charge in [0.2, 0.25) is 5.89 Å². The lowest BCUT2D eigenvalue weighted by Crippen LogP contribution is -2.38. The third-order valence-corrected chi connectivity index (χ3v) is 7.60. The van der Waals surface area contributed by atoms with Gasteiger partial charge < -0.3 is 25.1 Å². The van der Waals surface area contributed by atoms with Crippen LogP contribution in [0.15, 0.2) is 89.7 Å². The van der Waals surface area contributed by atoms with Gasteiger partial charge in [-0.15, -0.1) is 10.2 Å². The highest BCUT2D eigenvalue weighted by Gasteiger charge is 2.42. The second-order valence-corrected chi connectivity index (χ2v) is 10.6. The van der Waals surface area contributed by atoms with Crippen LogP contribution >= 0.6 is 0 Å². The fourth-order valence-electron chi connectivity index (χ4n) is 5.41. The molecule has 4 heterocycles. The molecular weight excluding hydrogens is 530 g/mol. The molecule has 2 aromatic carbocycles. The van der Waals surface area contributed by atoms with Crippen molar-refractivity contribution in [1.29, 1.82) is 0 Å². The van der Waals surface area contributed by atoms with E-state index in [1.807, 2.05) is 72.5 Å². The number of aromatic nitrogens is 4. The topological polar surface area (TPSA) is 129 Å². The van der Waals surface area contributed by atoms with Crippen LogP contribution in [0.3, 0.4) is 0 Å². The molecule has 10 heteroatoms. The molecule has 10 nitrogen and oxygen atoms in total. The Balaban J connectivity index is 1.36. The predicted octanol–water partition coefficient (Wildman–Crippen LogP) is 5.79. The van der Waals surface area contributed by atoms with E-state index in [4.69, 9.17) is 4.42 Å². The van der Waals surface area contributed by atoms with Gasteiger partial charge in [0.05, 0.1) is 35.0 Å². The first kappa shape index (κ1) is 27.1. The van der Waals surface area contributed by atoms with Gasteiger partial charge in [0.15, 0.2) is 0 Å². The first-order valence-electron chi connectivity index (χ1n) is 13.8. The van der Waals surface area contributed by atoms with Crippen molar-refractivity contribution in [1.82, 2.24) is 25.1 Å². The van der Waals surface area contributed by atoms with Crippen LogP contribution in [0.4, 0.5) is 17.2 Å². The molecule has 0 bridgehead atoms. The molecule has 0 unspecified atom stereocenters. The number of hydrogen-bond acceptors (Lipinski definition) is 9. The molecule has 1 atom stereocenters. The van der Waals surface area contributed by atoms with E-state index in [2.05, 4.69) is 44.6 Å². The maximum atomic E-state index is 12.9. The zero-order valence-corrected chi connectivity index (χ0v) is 23.6. The molecule has 0 fully saturated rings. The molecule has 0 saturated carbocycles. The SMILES string of the molecule is CCN1C(=O)c2ccc(Nc3cc(N[C@H](CO)c4ccccc4)c(-c4nnc(-c5cccnc5)o4)cn3)cc2C1(C)C. The summed E-state index contributed by atoms with van der Waals surface area (Å²) in [5.74, 6) is 1.22. The van der Waals surface area contributed by atoms with Gasteiger partial charge in [-0.3, -0.25) is 9.78 Å². The number of aliphatic hydroxyl groups excluding tert-OH is 1. The van der Waals surface area contributed by atoms with E-state index in [0.29, 0.717) is 40.6 Å². The lowest BCUT2D eigenvalue weighted by molar-refractivity contribution is 0.0635. The van der Waals surface area contributed by atoms with Gasteiger partial charge in [0.25, 0.3) is 11.8 Å². The van der Waals surface area contributed by atoms with Crippen molar-refractivity contribution in [3.8, 4) is 22.9 Å². The lowest BCUT2D eigenvalue weighted by atomic mass is 9.93. The van der Waals surface area contributed by atoms with E-state index in [0.717, 1.165) is 16.8 Å². The number of rotatable bonds is 9. The summed E-state index contributed by atoms with van der Waals surface area (Å²) in [6, 6.07) is 20.5. The van der Waals surface area contributed by atoms with Gasteiger partial charge in [-0.2, -0.15) is 0 Å². The first-order valence-corrected chi connectivity index (χ1v) is 13.8. The van der Waals surface area contributed by atoms with Gasteiger partial charge in [-0.25, -0.2) is 4.98 Å². The number of hydrogen-bond donors (Lipinski definition) is 3. The van der Waals surface area contributed by atoms with E-state index in [1.54, 1.807) is 24.7 Å². The molecule has 0 radical (unpaired) electrons. The van der Waals surface area contributed by atoms with Crippen molar-refractivity contribution in [2.45, 2.75) is 32.4 Å². The molecule has 212 valence electrons. The molecule has 0 aliphatic carbocycles. The van der Waals surface area contributed by atoms with E-state index >= 15 is 0 Å². The van der Waals surface area contributed by atoms with Crippen molar-refractivity contribution in [2.75, 3.05) is 23.8 Å². The van der Waals surface area contributed by atoms with Crippen LogP contribution in [0.2, 0.25) is 0 Å². The average molecular weight is 562 g/mol. The third-order valence-electron chi connectivity index (χ3n) is 7.60. The number of pyridine rings is 2. The molecule has 1 amide bonds. The standard InChI is InChI=1S/C32H31N7O3/c1-4-39-31(41)23-13-12-22(15-25(23)32(39,2)3)35-28-16-26(36-27(19-40)20-9-6-5-7-10-20)24(18-34-28)30-38-37-29(42-30)21-11-8-14-33-17-21/h5-18,27,40H,4,19H2,1-3H3,(H2,34,35,36)/t27-/m1/s1. The third kappa shape index (κ3) is 4.97. The molecule has 1 aliphatic heterocycles. The summed E-state index contributed by atoms with van der Waals surface area (Å²) < 4.78 is 6.02. The Hall–Kier alpha value is -5.09. The molecule has 1 aliphatic rings. The Bertz CT molecular complexity index is 1720. The molecule has 3 N–H and O–H groups in total. The Morgan fingerprint density at radius 3 is 2.52 bits per heavy atom. The number of carbonyl (C=O) groups excluding carboxylic acids is 1. The number of amides is 1. The Morgan fingerprint density at radius 1 is 0.976 bits per heavy atom. The highest BCUT2D eigenvalue weighted by Crippen LogP contribution is 2.40. The molecule has 5 aromatic rings. The number of nitrogens with zero attached hydrogens (tertiary/aromatic N) is 5. The normalized spacial score (nSPS) is 14.5. The van der Waals surface area contributed by atoms with Gasteiger partial charge in [-0.05, 0) is 62.2 Å². The van der Waals surface area contributed by atoms with Gasteiger partial charge in [0, 0.05) is 42.5 Å². The van der Waals surface area contributed by atoms with E-state index < -0.39 is 11.6 Å². The molecule has 0 saturated heterocycles. The molecule has 6 rings (SSSR count). The summed E-state index contributed by atoms with van der Waals surface area (Å²) in [5, 5.41) is 25.6. The van der Waals surface area contributed by atoms with Crippen molar-refractivity contribution in [3.63, 3.8) is 0 Å². The molecule has 42 heavy (non-hydrogen) atoms. The highest BCUT2D eigenvalue weighted by molar-refractivity contribution is 6.00. The maximum absolute atomic E-state index is 12.9. The summed E-state index contributed by atoms with van der Waals surface area (Å²) in [6.07, 6.45) is 4.99. The fraction of sp³-hybridized carbons (Fsp3) is 0.219. The Morgan fingerprint density at radius 2 is 1.79 bits per heavy atom. The van der Waals surface area contributed by atoms with Crippen molar-refractivity contribution >= 4 is 23.1 Å². The minimum atomic E-state index is -0.420. The van der Waals surface area contributed by atoms with Gasteiger partial charge in [-0.1, -0.05) is 30.3 Å². The zero-order chi connectivity index (χ0) is 29.3. The summed E-state index contributed by atoms with van der Waals surface area (Å²) in [5.41, 5.74) is 4.91. The summed E-state index contributed by atoms with van der Waals surface area (Å²) in [6.45, 7) is 6.60. The van der Waals surface area contributed by atoms with Crippen molar-refractivity contribution in [3.05, 3.63) is 102 Å². The van der Waals surface area contributed by atoms with Crippen LogP contribution < -0.4 is 10.6 Å².